The Hall–Kier alpha value is -1.18. The number of hydrazine groups is 1. The van der Waals surface area contributed by atoms with Crippen LogP contribution in [0.25, 0.3) is 0 Å². The zero-order valence-electron chi connectivity index (χ0n) is 11.2. The third kappa shape index (κ3) is 2.72. The molecule has 1 aliphatic heterocycles. The summed E-state index contributed by atoms with van der Waals surface area (Å²) in [7, 11) is -3.47. The first-order chi connectivity index (χ1) is 8.96. The Morgan fingerprint density at radius 2 is 2.16 bits per heavy atom. The number of nitrogen functional groups attached to an aromatic ring is 1. The molecule has 2 rings (SSSR count). The van der Waals surface area contributed by atoms with Crippen LogP contribution in [0, 0.1) is 5.92 Å². The molecule has 0 saturated carbocycles. The molecule has 7 heteroatoms. The molecule has 0 spiro atoms. The van der Waals surface area contributed by atoms with E-state index in [0.717, 1.165) is 12.8 Å². The third-order valence-electron chi connectivity index (χ3n) is 3.81. The van der Waals surface area contributed by atoms with Crippen LogP contribution in [-0.4, -0.2) is 30.3 Å². The SMILES string of the molecule is CC1CCCN(S(=O)(=O)c2ccc(NN)nc2)C1C. The van der Waals surface area contributed by atoms with E-state index in [-0.39, 0.29) is 10.9 Å². The molecule has 1 aliphatic rings. The molecule has 1 aromatic rings. The number of pyridine rings is 1. The number of hydrogen-bond acceptors (Lipinski definition) is 5. The average molecular weight is 284 g/mol. The van der Waals surface area contributed by atoms with Crippen LogP contribution in [0.2, 0.25) is 0 Å². The molecule has 106 valence electrons. The molecule has 0 aromatic carbocycles. The second-order valence-electron chi connectivity index (χ2n) is 5.00. The lowest BCUT2D eigenvalue weighted by molar-refractivity contribution is 0.202. The van der Waals surface area contributed by atoms with Crippen molar-refractivity contribution in [1.29, 1.82) is 0 Å². The molecule has 2 atom stereocenters. The highest BCUT2D eigenvalue weighted by Crippen LogP contribution is 2.28. The molecule has 2 unspecified atom stereocenters. The van der Waals surface area contributed by atoms with Gasteiger partial charge in [0.25, 0.3) is 0 Å². The van der Waals surface area contributed by atoms with E-state index in [4.69, 9.17) is 5.84 Å². The molecule has 0 aliphatic carbocycles. The van der Waals surface area contributed by atoms with Crippen LogP contribution >= 0.6 is 0 Å². The van der Waals surface area contributed by atoms with Crippen LogP contribution < -0.4 is 11.3 Å². The quantitative estimate of drug-likeness (QED) is 0.642. The molecule has 19 heavy (non-hydrogen) atoms. The lowest BCUT2D eigenvalue weighted by atomic mass is 9.94. The number of sulfonamides is 1. The molecular formula is C12H20N4O2S. The molecule has 0 radical (unpaired) electrons. The Balaban J connectivity index is 2.30. The minimum absolute atomic E-state index is 0.0195. The van der Waals surface area contributed by atoms with E-state index < -0.39 is 10.0 Å². The molecule has 0 amide bonds. The van der Waals surface area contributed by atoms with Crippen LogP contribution in [0.15, 0.2) is 23.2 Å². The van der Waals surface area contributed by atoms with Gasteiger partial charge in [0.1, 0.15) is 10.7 Å². The van der Waals surface area contributed by atoms with Crippen molar-refractivity contribution in [3.63, 3.8) is 0 Å². The smallest absolute Gasteiger partial charge is 0.244 e. The Labute approximate surface area is 114 Å². The zero-order chi connectivity index (χ0) is 14.0. The summed E-state index contributed by atoms with van der Waals surface area (Å²) in [5.41, 5.74) is 2.38. The van der Waals surface area contributed by atoms with Crippen molar-refractivity contribution in [1.82, 2.24) is 9.29 Å². The minimum Gasteiger partial charge on any atom is -0.308 e. The number of hydrogen-bond donors (Lipinski definition) is 2. The maximum atomic E-state index is 12.6. The van der Waals surface area contributed by atoms with E-state index in [9.17, 15) is 8.42 Å². The predicted molar refractivity (Wildman–Crippen MR) is 73.8 cm³/mol. The number of nitrogens with two attached hydrogens (primary N) is 1. The standard InChI is InChI=1S/C12H20N4O2S/c1-9-4-3-7-16(10(9)2)19(17,18)11-5-6-12(15-13)14-8-11/h5-6,8-10H,3-4,7,13H2,1-2H3,(H,14,15). The van der Waals surface area contributed by atoms with Gasteiger partial charge in [-0.1, -0.05) is 6.92 Å². The summed E-state index contributed by atoms with van der Waals surface area (Å²) in [5, 5.41) is 0. The topological polar surface area (TPSA) is 88.3 Å². The Bertz CT molecular complexity index is 529. The molecular weight excluding hydrogens is 264 g/mol. The maximum Gasteiger partial charge on any atom is 0.244 e. The summed E-state index contributed by atoms with van der Waals surface area (Å²) in [5.74, 6) is 6.04. The Morgan fingerprint density at radius 3 is 2.74 bits per heavy atom. The summed E-state index contributed by atoms with van der Waals surface area (Å²) in [6, 6.07) is 3.11. The first-order valence-electron chi connectivity index (χ1n) is 6.41. The number of aromatic nitrogens is 1. The summed E-state index contributed by atoms with van der Waals surface area (Å²) < 4.78 is 26.7. The lowest BCUT2D eigenvalue weighted by Crippen LogP contribution is -2.45. The van der Waals surface area contributed by atoms with Crippen molar-refractivity contribution >= 4 is 15.8 Å². The fourth-order valence-electron chi connectivity index (χ4n) is 2.39. The third-order valence-corrected chi connectivity index (χ3v) is 5.78. The van der Waals surface area contributed by atoms with Gasteiger partial charge in [-0.2, -0.15) is 4.31 Å². The van der Waals surface area contributed by atoms with Crippen molar-refractivity contribution in [2.24, 2.45) is 11.8 Å². The van der Waals surface area contributed by atoms with E-state index in [1.54, 1.807) is 10.4 Å². The second-order valence-corrected chi connectivity index (χ2v) is 6.89. The van der Waals surface area contributed by atoms with Crippen LogP contribution in [0.3, 0.4) is 0 Å². The maximum absolute atomic E-state index is 12.6. The van der Waals surface area contributed by atoms with Crippen molar-refractivity contribution in [2.75, 3.05) is 12.0 Å². The Kier molecular flexibility index (Phi) is 4.07. The number of piperidine rings is 1. The van der Waals surface area contributed by atoms with Gasteiger partial charge in [-0.15, -0.1) is 0 Å². The molecule has 1 saturated heterocycles. The molecule has 3 N–H and O–H groups in total. The monoisotopic (exact) mass is 284 g/mol. The van der Waals surface area contributed by atoms with Crippen molar-refractivity contribution < 1.29 is 8.42 Å². The fourth-order valence-corrected chi connectivity index (χ4v) is 4.10. The van der Waals surface area contributed by atoms with Gasteiger partial charge in [0, 0.05) is 18.8 Å². The summed E-state index contributed by atoms with van der Waals surface area (Å²) in [6.07, 6.45) is 3.32. The van der Waals surface area contributed by atoms with E-state index in [1.807, 2.05) is 6.92 Å². The van der Waals surface area contributed by atoms with Crippen LogP contribution in [0.1, 0.15) is 26.7 Å². The average Bonchev–Trinajstić information content (AvgIpc) is 2.41. The van der Waals surface area contributed by atoms with Gasteiger partial charge in [0.05, 0.1) is 0 Å². The van der Waals surface area contributed by atoms with Gasteiger partial charge in [0.15, 0.2) is 0 Å². The molecule has 0 bridgehead atoms. The highest BCUT2D eigenvalue weighted by molar-refractivity contribution is 7.89. The Morgan fingerprint density at radius 1 is 1.42 bits per heavy atom. The second kappa shape index (κ2) is 5.44. The summed E-state index contributed by atoms with van der Waals surface area (Å²) in [6.45, 7) is 4.63. The van der Waals surface area contributed by atoms with Gasteiger partial charge < -0.3 is 5.43 Å². The fraction of sp³-hybridized carbons (Fsp3) is 0.583. The van der Waals surface area contributed by atoms with Gasteiger partial charge >= 0.3 is 0 Å². The molecule has 1 fully saturated rings. The van der Waals surface area contributed by atoms with Crippen molar-refractivity contribution in [3.8, 4) is 0 Å². The number of anilines is 1. The van der Waals surface area contributed by atoms with E-state index >= 15 is 0 Å². The normalized spacial score (nSPS) is 25.2. The van der Waals surface area contributed by atoms with E-state index in [2.05, 4.69) is 17.3 Å². The first kappa shape index (κ1) is 14.2. The summed E-state index contributed by atoms with van der Waals surface area (Å²) >= 11 is 0. The minimum atomic E-state index is -3.47. The highest BCUT2D eigenvalue weighted by atomic mass is 32.2. The van der Waals surface area contributed by atoms with Crippen LogP contribution in [0.5, 0.6) is 0 Å². The van der Waals surface area contributed by atoms with Gasteiger partial charge in [-0.05, 0) is 37.8 Å². The zero-order valence-corrected chi connectivity index (χ0v) is 12.0. The molecule has 2 heterocycles. The molecule has 6 nitrogen and oxygen atoms in total. The predicted octanol–water partition coefficient (Wildman–Crippen LogP) is 1.18. The number of rotatable bonds is 3. The van der Waals surface area contributed by atoms with Gasteiger partial charge in [-0.25, -0.2) is 19.2 Å². The van der Waals surface area contributed by atoms with Crippen molar-refractivity contribution in [3.05, 3.63) is 18.3 Å². The van der Waals surface area contributed by atoms with Crippen LogP contribution in [-0.2, 0) is 10.0 Å². The van der Waals surface area contributed by atoms with Crippen molar-refractivity contribution in [2.45, 2.75) is 37.6 Å². The van der Waals surface area contributed by atoms with Crippen LogP contribution in [0.4, 0.5) is 5.82 Å². The summed E-state index contributed by atoms with van der Waals surface area (Å²) in [4.78, 5) is 4.18. The molecule has 1 aromatic heterocycles. The first-order valence-corrected chi connectivity index (χ1v) is 7.85. The largest absolute Gasteiger partial charge is 0.308 e. The van der Waals surface area contributed by atoms with Gasteiger partial charge in [-0.3, -0.25) is 0 Å². The van der Waals surface area contributed by atoms with E-state index in [1.165, 1.54) is 12.3 Å². The highest BCUT2D eigenvalue weighted by Gasteiger charge is 2.34. The van der Waals surface area contributed by atoms with Gasteiger partial charge in [0.2, 0.25) is 10.0 Å². The lowest BCUT2D eigenvalue weighted by Gasteiger charge is -2.36. The number of nitrogens with one attached hydrogen (secondary N) is 1. The number of nitrogens with zero attached hydrogens (tertiary/aromatic N) is 2. The van der Waals surface area contributed by atoms with E-state index in [0.29, 0.717) is 18.3 Å².